The van der Waals surface area contributed by atoms with Crippen LogP contribution in [0.25, 0.3) is 0 Å². The molecule has 2 aromatic carbocycles. The lowest BCUT2D eigenvalue weighted by Gasteiger charge is -2.17. The number of nitrogens with one attached hydrogen (secondary N) is 3. The number of hydrogen-bond acceptors (Lipinski definition) is 4. The molecule has 0 spiro atoms. The van der Waals surface area contributed by atoms with Crippen molar-refractivity contribution >= 4 is 57.3 Å². The average molecular weight is 598 g/mol. The second kappa shape index (κ2) is 22.6. The van der Waals surface area contributed by atoms with E-state index >= 15 is 0 Å². The van der Waals surface area contributed by atoms with Gasteiger partial charge in [0.1, 0.15) is 0 Å². The SMILES string of the molecule is C=CCC(CCc1ccccc1)NNC(C)=O.C=CC[Si](Cl)(Cl)Cl.CC(=O)N/N=C/CCc1ccccc1. The van der Waals surface area contributed by atoms with Gasteiger partial charge in [0.25, 0.3) is 0 Å². The van der Waals surface area contributed by atoms with Gasteiger partial charge in [0.15, 0.2) is 0 Å². The van der Waals surface area contributed by atoms with E-state index < -0.39 is 6.00 Å². The largest absolute Gasteiger partial charge is 0.344 e. The molecule has 3 N–H and O–H groups in total. The summed E-state index contributed by atoms with van der Waals surface area (Å²) in [4.78, 5) is 21.3. The number of hydrazone groups is 1. The molecule has 0 aliphatic heterocycles. The number of benzene rings is 2. The maximum absolute atomic E-state index is 10.8. The van der Waals surface area contributed by atoms with Crippen molar-refractivity contribution in [2.24, 2.45) is 5.10 Å². The van der Waals surface area contributed by atoms with Gasteiger partial charge >= 0.3 is 6.00 Å². The summed E-state index contributed by atoms with van der Waals surface area (Å²) < 4.78 is 0. The lowest BCUT2D eigenvalue weighted by atomic mass is 10.0. The fourth-order valence-corrected chi connectivity index (χ4v) is 4.19. The fourth-order valence-electron chi connectivity index (χ4n) is 2.88. The lowest BCUT2D eigenvalue weighted by molar-refractivity contribution is -0.120. The first-order chi connectivity index (χ1) is 18.1. The van der Waals surface area contributed by atoms with Gasteiger partial charge in [-0.15, -0.1) is 46.4 Å². The maximum Gasteiger partial charge on any atom is 0.344 e. The van der Waals surface area contributed by atoms with E-state index in [1.807, 2.05) is 42.5 Å². The molecule has 0 radical (unpaired) electrons. The zero-order valence-corrected chi connectivity index (χ0v) is 25.4. The minimum absolute atomic E-state index is 0.0706. The Labute approximate surface area is 242 Å². The zero-order valence-electron chi connectivity index (χ0n) is 22.1. The average Bonchev–Trinajstić information content (AvgIpc) is 2.86. The van der Waals surface area contributed by atoms with Crippen molar-refractivity contribution in [3.05, 3.63) is 97.1 Å². The van der Waals surface area contributed by atoms with Crippen molar-refractivity contribution in [2.45, 2.75) is 58.0 Å². The molecule has 0 aromatic heterocycles. The number of carbonyl (C=O) groups is 2. The molecule has 0 bridgehead atoms. The van der Waals surface area contributed by atoms with Gasteiger partial charge in [-0.3, -0.25) is 15.0 Å². The van der Waals surface area contributed by atoms with Crippen molar-refractivity contribution < 1.29 is 9.59 Å². The van der Waals surface area contributed by atoms with Crippen molar-refractivity contribution in [1.29, 1.82) is 0 Å². The molecule has 1 atom stereocenters. The summed E-state index contributed by atoms with van der Waals surface area (Å²) in [5, 5.41) is 3.76. The highest BCUT2D eigenvalue weighted by atomic mass is 35.8. The molecule has 0 heterocycles. The molecule has 10 heteroatoms. The normalized spacial score (nSPS) is 11.2. The van der Waals surface area contributed by atoms with Gasteiger partial charge in [0, 0.05) is 32.1 Å². The summed E-state index contributed by atoms with van der Waals surface area (Å²) in [7, 11) is 0. The molecule has 6 nitrogen and oxygen atoms in total. The first-order valence-corrected chi connectivity index (χ1v) is 17.5. The molecule has 0 aliphatic rings. The zero-order chi connectivity index (χ0) is 28.7. The number of hydrazine groups is 1. The molecule has 38 heavy (non-hydrogen) atoms. The molecule has 208 valence electrons. The Balaban J connectivity index is 0.000000587. The molecule has 0 fully saturated rings. The summed E-state index contributed by atoms with van der Waals surface area (Å²) in [5.41, 5.74) is 10.6. The Morgan fingerprint density at radius 2 is 1.45 bits per heavy atom. The maximum atomic E-state index is 10.8. The van der Waals surface area contributed by atoms with E-state index in [1.165, 1.54) is 25.0 Å². The fraction of sp³-hybridized carbons (Fsp3) is 0.321. The van der Waals surface area contributed by atoms with Crippen LogP contribution < -0.4 is 16.3 Å². The van der Waals surface area contributed by atoms with Crippen molar-refractivity contribution in [3.63, 3.8) is 0 Å². The number of amides is 2. The van der Waals surface area contributed by atoms with Crippen molar-refractivity contribution in [1.82, 2.24) is 16.3 Å². The molecule has 2 amide bonds. The van der Waals surface area contributed by atoms with E-state index in [4.69, 9.17) is 33.2 Å². The highest BCUT2D eigenvalue weighted by Crippen LogP contribution is 2.24. The second-order valence-electron chi connectivity index (χ2n) is 8.18. The van der Waals surface area contributed by atoms with Crippen molar-refractivity contribution in [3.8, 4) is 0 Å². The van der Waals surface area contributed by atoms with E-state index in [2.05, 4.69) is 58.8 Å². The highest BCUT2D eigenvalue weighted by molar-refractivity contribution is 7.64. The van der Waals surface area contributed by atoms with Gasteiger partial charge < -0.3 is 0 Å². The summed E-state index contributed by atoms with van der Waals surface area (Å²) in [6, 6.07) is 18.9. The van der Waals surface area contributed by atoms with Crippen LogP contribution in [0.15, 0.2) is 91.1 Å². The number of halogens is 3. The molecule has 0 saturated carbocycles. The van der Waals surface area contributed by atoms with Crippen LogP contribution >= 0.6 is 33.2 Å². The predicted molar refractivity (Wildman–Crippen MR) is 166 cm³/mol. The molecule has 0 saturated heterocycles. The van der Waals surface area contributed by atoms with Crippen LogP contribution in [0.2, 0.25) is 6.04 Å². The minimum Gasteiger partial charge on any atom is -0.292 e. The number of rotatable bonds is 13. The van der Waals surface area contributed by atoms with E-state index in [0.29, 0.717) is 6.04 Å². The molecular weight excluding hydrogens is 559 g/mol. The third-order valence-corrected chi connectivity index (χ3v) is 6.76. The Morgan fingerprint density at radius 3 is 1.87 bits per heavy atom. The number of carbonyl (C=O) groups excluding carboxylic acids is 2. The monoisotopic (exact) mass is 596 g/mol. The Hall–Kier alpha value is -2.42. The van der Waals surface area contributed by atoms with Gasteiger partial charge in [-0.05, 0) is 43.2 Å². The first kappa shape index (κ1) is 35.6. The number of hydrogen-bond donors (Lipinski definition) is 3. The number of aryl methyl sites for hydroxylation is 2. The minimum atomic E-state index is -2.36. The predicted octanol–water partition coefficient (Wildman–Crippen LogP) is 6.77. The van der Waals surface area contributed by atoms with E-state index in [1.54, 1.807) is 12.3 Å². The van der Waals surface area contributed by atoms with Crippen LogP contribution in [-0.2, 0) is 22.4 Å². The third-order valence-electron chi connectivity index (χ3n) is 4.62. The van der Waals surface area contributed by atoms with E-state index in [9.17, 15) is 9.59 Å². The van der Waals surface area contributed by atoms with E-state index in [-0.39, 0.29) is 17.9 Å². The third kappa shape index (κ3) is 23.9. The standard InChI is InChI=1S/C14H20N2O.C11H14N2O.C3H5Cl3Si/c1-3-7-14(16-15-12(2)17)11-10-13-8-5-4-6-9-13;1-10(14)13-12-9-5-8-11-6-3-2-4-7-11;1-2-3-7(4,5)6/h3-6,8-9,14,16H,1,7,10-11H2,2H3,(H,15,17);2-4,6-7,9H,5,8H2,1H3,(H,13,14);2H,1,3H2/b;12-9+;. The summed E-state index contributed by atoms with van der Waals surface area (Å²) in [5.74, 6) is -0.209. The Kier molecular flexibility index (Phi) is 21.1. The van der Waals surface area contributed by atoms with Gasteiger partial charge in [0.05, 0.1) is 0 Å². The highest BCUT2D eigenvalue weighted by Gasteiger charge is 2.21. The van der Waals surface area contributed by atoms with Gasteiger partial charge in [-0.25, -0.2) is 10.9 Å². The van der Waals surface area contributed by atoms with Crippen LogP contribution in [0, 0.1) is 0 Å². The Morgan fingerprint density at radius 1 is 0.895 bits per heavy atom. The van der Waals surface area contributed by atoms with Crippen LogP contribution in [-0.4, -0.2) is 30.1 Å². The van der Waals surface area contributed by atoms with E-state index in [0.717, 1.165) is 32.1 Å². The van der Waals surface area contributed by atoms with Crippen LogP contribution in [0.3, 0.4) is 0 Å². The second-order valence-corrected chi connectivity index (χ2v) is 17.4. The van der Waals surface area contributed by atoms with Gasteiger partial charge in [-0.2, -0.15) is 5.10 Å². The summed E-state index contributed by atoms with van der Waals surface area (Å²) >= 11 is 16.3. The first-order valence-electron chi connectivity index (χ1n) is 12.2. The number of nitrogens with zero attached hydrogens (tertiary/aromatic N) is 1. The van der Waals surface area contributed by atoms with Crippen LogP contribution in [0.5, 0.6) is 0 Å². The molecule has 2 aromatic rings. The van der Waals surface area contributed by atoms with Crippen LogP contribution in [0.1, 0.15) is 44.2 Å². The topological polar surface area (TPSA) is 82.6 Å². The van der Waals surface area contributed by atoms with Crippen LogP contribution in [0.4, 0.5) is 0 Å². The number of allylic oxidation sites excluding steroid dienone is 1. The summed E-state index contributed by atoms with van der Waals surface area (Å²) in [6.45, 7) is 10.1. The molecule has 0 aliphatic carbocycles. The summed E-state index contributed by atoms with van der Waals surface area (Å²) in [6.07, 6.45) is 9.79. The lowest BCUT2D eigenvalue weighted by Crippen LogP contribution is -2.43. The molecule has 2 rings (SSSR count). The van der Waals surface area contributed by atoms with Gasteiger partial charge in [0.2, 0.25) is 11.8 Å². The smallest absolute Gasteiger partial charge is 0.292 e. The quantitative estimate of drug-likeness (QED) is 0.0783. The molecule has 1 unspecified atom stereocenters. The van der Waals surface area contributed by atoms with Gasteiger partial charge in [-0.1, -0.05) is 72.8 Å². The Bertz CT molecular complexity index is 956. The van der Waals surface area contributed by atoms with Crippen molar-refractivity contribution in [2.75, 3.05) is 0 Å². The molecular formula is C28H39Cl3N4O2Si.